The summed E-state index contributed by atoms with van der Waals surface area (Å²) in [7, 11) is 1.41. The summed E-state index contributed by atoms with van der Waals surface area (Å²) < 4.78 is 4.60. The predicted octanol–water partition coefficient (Wildman–Crippen LogP) is 2.16. The number of pyridine rings is 1. The van der Waals surface area contributed by atoms with E-state index in [1.54, 1.807) is 6.20 Å². The standard InChI is InChI=1S/C14H18N2O2/c1-18-14(17)4-2-3-13-9-11(7-8-15-13)10-16-12-5-6-12/h7-10,12H,2-6H2,1H3. The quantitative estimate of drug-likeness (QED) is 0.571. The summed E-state index contributed by atoms with van der Waals surface area (Å²) in [6.45, 7) is 0. The first-order valence-electron chi connectivity index (χ1n) is 6.33. The van der Waals surface area contributed by atoms with Crippen LogP contribution in [-0.4, -0.2) is 30.3 Å². The zero-order valence-electron chi connectivity index (χ0n) is 10.6. The number of aliphatic imine (C=N–C) groups is 1. The molecule has 1 aromatic rings. The predicted molar refractivity (Wildman–Crippen MR) is 69.8 cm³/mol. The Morgan fingerprint density at radius 1 is 1.61 bits per heavy atom. The molecule has 1 saturated carbocycles. The van der Waals surface area contributed by atoms with E-state index in [-0.39, 0.29) is 5.97 Å². The van der Waals surface area contributed by atoms with Gasteiger partial charge >= 0.3 is 5.97 Å². The number of aromatic nitrogens is 1. The van der Waals surface area contributed by atoms with Crippen molar-refractivity contribution in [1.29, 1.82) is 0 Å². The number of ether oxygens (including phenoxy) is 1. The Kier molecular flexibility index (Phi) is 4.45. The van der Waals surface area contributed by atoms with Crippen molar-refractivity contribution in [2.75, 3.05) is 7.11 Å². The Morgan fingerprint density at radius 2 is 2.44 bits per heavy atom. The van der Waals surface area contributed by atoms with Gasteiger partial charge in [-0.2, -0.15) is 0 Å². The van der Waals surface area contributed by atoms with Crippen LogP contribution in [0.4, 0.5) is 0 Å². The third kappa shape index (κ3) is 4.28. The normalized spacial score (nSPS) is 14.9. The Bertz CT molecular complexity index is 439. The number of carbonyl (C=O) groups excluding carboxylic acids is 1. The van der Waals surface area contributed by atoms with E-state index in [4.69, 9.17) is 0 Å². The maximum absolute atomic E-state index is 11.0. The molecule has 96 valence electrons. The Morgan fingerprint density at radius 3 is 3.17 bits per heavy atom. The van der Waals surface area contributed by atoms with E-state index in [0.29, 0.717) is 12.5 Å². The summed E-state index contributed by atoms with van der Waals surface area (Å²) in [6.07, 6.45) is 8.15. The Balaban J connectivity index is 1.84. The molecule has 1 fully saturated rings. The fraction of sp³-hybridized carbons (Fsp3) is 0.500. The first-order valence-corrected chi connectivity index (χ1v) is 6.33. The molecule has 1 aliphatic carbocycles. The molecule has 4 heteroatoms. The highest BCUT2D eigenvalue weighted by Crippen LogP contribution is 2.23. The van der Waals surface area contributed by atoms with Crippen molar-refractivity contribution in [1.82, 2.24) is 4.98 Å². The average Bonchev–Trinajstić information content (AvgIpc) is 3.21. The molecule has 1 heterocycles. The van der Waals surface area contributed by atoms with Gasteiger partial charge in [-0.3, -0.25) is 14.8 Å². The number of aryl methyl sites for hydroxylation is 1. The average molecular weight is 246 g/mol. The van der Waals surface area contributed by atoms with Gasteiger partial charge in [-0.1, -0.05) is 0 Å². The summed E-state index contributed by atoms with van der Waals surface area (Å²) in [5.41, 5.74) is 2.09. The number of rotatable bonds is 6. The van der Waals surface area contributed by atoms with E-state index < -0.39 is 0 Å². The third-order valence-electron chi connectivity index (χ3n) is 2.86. The van der Waals surface area contributed by atoms with Gasteiger partial charge in [0.15, 0.2) is 0 Å². The minimum atomic E-state index is -0.165. The Hall–Kier alpha value is -1.71. The fourth-order valence-electron chi connectivity index (χ4n) is 1.64. The zero-order valence-corrected chi connectivity index (χ0v) is 10.6. The van der Waals surface area contributed by atoms with Crippen LogP contribution in [0.15, 0.2) is 23.3 Å². The molecule has 1 aliphatic rings. The summed E-state index contributed by atoms with van der Waals surface area (Å²) in [4.78, 5) is 19.7. The largest absolute Gasteiger partial charge is 0.469 e. The molecule has 0 saturated heterocycles. The number of hydrogen-bond acceptors (Lipinski definition) is 4. The number of hydrogen-bond donors (Lipinski definition) is 0. The van der Waals surface area contributed by atoms with E-state index >= 15 is 0 Å². The van der Waals surface area contributed by atoms with Crippen molar-refractivity contribution in [3.8, 4) is 0 Å². The fourth-order valence-corrected chi connectivity index (χ4v) is 1.64. The van der Waals surface area contributed by atoms with Crippen LogP contribution in [0.1, 0.15) is 36.9 Å². The lowest BCUT2D eigenvalue weighted by atomic mass is 10.1. The van der Waals surface area contributed by atoms with Crippen LogP contribution in [0, 0.1) is 0 Å². The van der Waals surface area contributed by atoms with Crippen molar-refractivity contribution in [2.24, 2.45) is 4.99 Å². The van der Waals surface area contributed by atoms with Crippen LogP contribution in [0.2, 0.25) is 0 Å². The van der Waals surface area contributed by atoms with Crippen molar-refractivity contribution >= 4 is 12.2 Å². The molecular formula is C14H18N2O2. The molecule has 0 spiro atoms. The van der Waals surface area contributed by atoms with Gasteiger partial charge in [0, 0.05) is 24.5 Å². The van der Waals surface area contributed by atoms with Crippen molar-refractivity contribution in [2.45, 2.75) is 38.1 Å². The monoisotopic (exact) mass is 246 g/mol. The minimum Gasteiger partial charge on any atom is -0.469 e. The molecule has 0 aliphatic heterocycles. The molecule has 2 rings (SSSR count). The zero-order chi connectivity index (χ0) is 12.8. The van der Waals surface area contributed by atoms with Gasteiger partial charge in [-0.05, 0) is 43.4 Å². The summed E-state index contributed by atoms with van der Waals surface area (Å²) in [6, 6.07) is 4.53. The van der Waals surface area contributed by atoms with Gasteiger partial charge < -0.3 is 4.74 Å². The van der Waals surface area contributed by atoms with Crippen LogP contribution in [0.3, 0.4) is 0 Å². The molecule has 0 amide bonds. The van der Waals surface area contributed by atoms with Gasteiger partial charge in [-0.25, -0.2) is 0 Å². The first-order chi connectivity index (χ1) is 8.78. The van der Waals surface area contributed by atoms with Gasteiger partial charge in [0.2, 0.25) is 0 Å². The lowest BCUT2D eigenvalue weighted by molar-refractivity contribution is -0.140. The SMILES string of the molecule is COC(=O)CCCc1cc(C=NC2CC2)ccn1. The Labute approximate surface area is 107 Å². The maximum atomic E-state index is 11.0. The molecule has 1 aromatic heterocycles. The van der Waals surface area contributed by atoms with Gasteiger partial charge in [0.25, 0.3) is 0 Å². The van der Waals surface area contributed by atoms with Crippen LogP contribution in [0.5, 0.6) is 0 Å². The number of methoxy groups -OCH3 is 1. The highest BCUT2D eigenvalue weighted by atomic mass is 16.5. The second-order valence-electron chi connectivity index (χ2n) is 4.52. The third-order valence-corrected chi connectivity index (χ3v) is 2.86. The number of esters is 1. The molecule has 0 N–H and O–H groups in total. The smallest absolute Gasteiger partial charge is 0.305 e. The van der Waals surface area contributed by atoms with E-state index in [2.05, 4.69) is 14.7 Å². The van der Waals surface area contributed by atoms with Crippen molar-refractivity contribution in [3.63, 3.8) is 0 Å². The van der Waals surface area contributed by atoms with E-state index in [0.717, 1.165) is 24.1 Å². The van der Waals surface area contributed by atoms with Crippen LogP contribution in [0.25, 0.3) is 0 Å². The molecule has 0 aromatic carbocycles. The van der Waals surface area contributed by atoms with Crippen molar-refractivity contribution < 1.29 is 9.53 Å². The van der Waals surface area contributed by atoms with Crippen LogP contribution < -0.4 is 0 Å². The highest BCUT2D eigenvalue weighted by Gasteiger charge is 2.18. The lowest BCUT2D eigenvalue weighted by Gasteiger charge is -2.01. The molecule has 0 radical (unpaired) electrons. The maximum Gasteiger partial charge on any atom is 0.305 e. The van der Waals surface area contributed by atoms with E-state index in [1.165, 1.54) is 20.0 Å². The summed E-state index contributed by atoms with van der Waals surface area (Å²) in [5, 5.41) is 0. The van der Waals surface area contributed by atoms with Gasteiger partial charge in [-0.15, -0.1) is 0 Å². The van der Waals surface area contributed by atoms with E-state index in [1.807, 2.05) is 18.3 Å². The molecular weight excluding hydrogens is 228 g/mol. The van der Waals surface area contributed by atoms with Crippen molar-refractivity contribution in [3.05, 3.63) is 29.6 Å². The second-order valence-corrected chi connectivity index (χ2v) is 4.52. The van der Waals surface area contributed by atoms with Crippen LogP contribution >= 0.6 is 0 Å². The molecule has 18 heavy (non-hydrogen) atoms. The molecule has 0 unspecified atom stereocenters. The topological polar surface area (TPSA) is 51.5 Å². The number of carbonyl (C=O) groups is 1. The lowest BCUT2D eigenvalue weighted by Crippen LogP contribution is -2.01. The highest BCUT2D eigenvalue weighted by molar-refractivity contribution is 5.79. The first kappa shape index (κ1) is 12.7. The minimum absolute atomic E-state index is 0.165. The summed E-state index contributed by atoms with van der Waals surface area (Å²) >= 11 is 0. The molecule has 4 nitrogen and oxygen atoms in total. The molecule has 0 bridgehead atoms. The van der Waals surface area contributed by atoms with Gasteiger partial charge in [0.05, 0.1) is 13.2 Å². The summed E-state index contributed by atoms with van der Waals surface area (Å²) in [5.74, 6) is -0.165. The van der Waals surface area contributed by atoms with E-state index in [9.17, 15) is 4.79 Å². The second kappa shape index (κ2) is 6.28. The number of nitrogens with zero attached hydrogens (tertiary/aromatic N) is 2. The van der Waals surface area contributed by atoms with Crippen LogP contribution in [-0.2, 0) is 16.0 Å². The molecule has 0 atom stereocenters. The van der Waals surface area contributed by atoms with Gasteiger partial charge in [0.1, 0.15) is 0 Å².